The molecule has 1 aromatic heterocycles. The normalized spacial score (nSPS) is 15.4. The zero-order chi connectivity index (χ0) is 23.0. The number of thioether (sulfide) groups is 2. The van der Waals surface area contributed by atoms with Gasteiger partial charge in [-0.3, -0.25) is 4.79 Å². The van der Waals surface area contributed by atoms with Crippen molar-refractivity contribution in [3.8, 4) is 5.75 Å². The van der Waals surface area contributed by atoms with E-state index in [2.05, 4.69) is 52.7 Å². The Balaban J connectivity index is 1.21. The summed E-state index contributed by atoms with van der Waals surface area (Å²) in [5.74, 6) is 2.56. The molecule has 174 valence electrons. The molecule has 1 fully saturated rings. The highest BCUT2D eigenvalue weighted by Crippen LogP contribution is 2.34. The van der Waals surface area contributed by atoms with Crippen LogP contribution in [-0.2, 0) is 17.0 Å². The van der Waals surface area contributed by atoms with E-state index in [-0.39, 0.29) is 11.2 Å². The number of hydrogen-bond acceptors (Lipinski definition) is 7. The lowest BCUT2D eigenvalue weighted by molar-refractivity contribution is -0.131. The summed E-state index contributed by atoms with van der Waals surface area (Å²) in [6.07, 6.45) is 3.25. The van der Waals surface area contributed by atoms with Gasteiger partial charge in [-0.2, -0.15) is 0 Å². The molecule has 0 saturated carbocycles. The molecule has 1 unspecified atom stereocenters. The number of benzene rings is 2. The van der Waals surface area contributed by atoms with Crippen LogP contribution < -0.4 is 4.74 Å². The zero-order valence-corrected chi connectivity index (χ0v) is 21.4. The number of rotatable bonds is 9. The number of aromatic nitrogens is 2. The highest BCUT2D eigenvalue weighted by molar-refractivity contribution is 8.03. The van der Waals surface area contributed by atoms with E-state index in [1.165, 1.54) is 22.9 Å². The fourth-order valence-corrected chi connectivity index (χ4v) is 7.14. The number of likely N-dealkylation sites (tertiary alicyclic amines) is 1. The standard InChI is InChI=1S/C25H29N3O2S3/c1-18(23(29)28-14-12-20(13-15-28)16-19-6-4-3-5-7-19)32-25-27-26-24(33-25)31-17-21-8-10-22(30-2)11-9-21/h3-11,18,20H,12-17H2,1-2H3. The van der Waals surface area contributed by atoms with Crippen molar-refractivity contribution < 1.29 is 9.53 Å². The highest BCUT2D eigenvalue weighted by Gasteiger charge is 2.27. The monoisotopic (exact) mass is 499 g/mol. The van der Waals surface area contributed by atoms with Gasteiger partial charge < -0.3 is 9.64 Å². The van der Waals surface area contributed by atoms with E-state index in [1.54, 1.807) is 30.2 Å². The summed E-state index contributed by atoms with van der Waals surface area (Å²) in [4.78, 5) is 15.0. The average Bonchev–Trinajstić information content (AvgIpc) is 3.31. The van der Waals surface area contributed by atoms with Gasteiger partial charge in [0.05, 0.1) is 12.4 Å². The third-order valence-electron chi connectivity index (χ3n) is 5.83. The Morgan fingerprint density at radius 2 is 1.76 bits per heavy atom. The number of nitrogens with zero attached hydrogens (tertiary/aromatic N) is 3. The van der Waals surface area contributed by atoms with Gasteiger partial charge in [0.25, 0.3) is 0 Å². The second kappa shape index (κ2) is 11.9. The first-order chi connectivity index (χ1) is 16.1. The minimum absolute atomic E-state index is 0.150. The van der Waals surface area contributed by atoms with Crippen molar-refractivity contribution in [3.63, 3.8) is 0 Å². The van der Waals surface area contributed by atoms with E-state index in [0.717, 1.165) is 52.5 Å². The van der Waals surface area contributed by atoms with E-state index < -0.39 is 0 Å². The molecule has 1 aliphatic heterocycles. The second-order valence-electron chi connectivity index (χ2n) is 8.19. The minimum atomic E-state index is -0.150. The number of carbonyl (C=O) groups is 1. The second-order valence-corrected chi connectivity index (χ2v) is 12.0. The van der Waals surface area contributed by atoms with Gasteiger partial charge in [-0.25, -0.2) is 0 Å². The number of piperidine rings is 1. The SMILES string of the molecule is COc1ccc(CSc2nnc(SC(C)C(=O)N3CCC(Cc4ccccc4)CC3)s2)cc1. The number of carbonyl (C=O) groups excluding carboxylic acids is 1. The zero-order valence-electron chi connectivity index (χ0n) is 19.0. The van der Waals surface area contributed by atoms with Gasteiger partial charge in [0.15, 0.2) is 8.68 Å². The summed E-state index contributed by atoms with van der Waals surface area (Å²) in [5, 5.41) is 8.45. The molecular weight excluding hydrogens is 470 g/mol. The van der Waals surface area contributed by atoms with Gasteiger partial charge in [-0.15, -0.1) is 10.2 Å². The fourth-order valence-electron chi connectivity index (χ4n) is 3.93. The summed E-state index contributed by atoms with van der Waals surface area (Å²) in [6.45, 7) is 3.68. The first-order valence-electron chi connectivity index (χ1n) is 11.2. The van der Waals surface area contributed by atoms with Gasteiger partial charge in [0.1, 0.15) is 5.75 Å². The predicted molar refractivity (Wildman–Crippen MR) is 137 cm³/mol. The van der Waals surface area contributed by atoms with E-state index in [9.17, 15) is 4.79 Å². The minimum Gasteiger partial charge on any atom is -0.497 e. The van der Waals surface area contributed by atoms with Crippen LogP contribution in [0.25, 0.3) is 0 Å². The van der Waals surface area contributed by atoms with Crippen molar-refractivity contribution in [2.24, 2.45) is 5.92 Å². The van der Waals surface area contributed by atoms with Crippen LogP contribution in [0.5, 0.6) is 5.75 Å². The molecule has 5 nitrogen and oxygen atoms in total. The maximum absolute atomic E-state index is 13.0. The Hall–Kier alpha value is -2.03. The van der Waals surface area contributed by atoms with Gasteiger partial charge in [0, 0.05) is 18.8 Å². The van der Waals surface area contributed by atoms with Crippen molar-refractivity contribution in [3.05, 3.63) is 65.7 Å². The summed E-state index contributed by atoms with van der Waals surface area (Å²) >= 11 is 4.75. The summed E-state index contributed by atoms with van der Waals surface area (Å²) < 4.78 is 6.98. The molecule has 3 aromatic rings. The molecule has 0 aliphatic carbocycles. The van der Waals surface area contributed by atoms with E-state index in [0.29, 0.717) is 5.92 Å². The Bertz CT molecular complexity index is 1020. The number of hydrogen-bond donors (Lipinski definition) is 0. The summed E-state index contributed by atoms with van der Waals surface area (Å²) in [7, 11) is 1.67. The maximum atomic E-state index is 13.0. The molecular formula is C25H29N3O2S3. The molecule has 0 spiro atoms. The highest BCUT2D eigenvalue weighted by atomic mass is 32.2. The number of methoxy groups -OCH3 is 1. The molecule has 1 saturated heterocycles. The molecule has 8 heteroatoms. The quantitative estimate of drug-likeness (QED) is 0.347. The fraction of sp³-hybridized carbons (Fsp3) is 0.400. The Labute approximate surface area is 208 Å². The predicted octanol–water partition coefficient (Wildman–Crippen LogP) is 5.80. The van der Waals surface area contributed by atoms with Crippen molar-refractivity contribution >= 4 is 40.8 Å². The van der Waals surface area contributed by atoms with Crippen LogP contribution in [0.1, 0.15) is 30.9 Å². The summed E-state index contributed by atoms with van der Waals surface area (Å²) in [6, 6.07) is 18.7. The first kappa shape index (κ1) is 24.1. The van der Waals surface area contributed by atoms with E-state index in [1.807, 2.05) is 24.0 Å². The molecule has 0 N–H and O–H groups in total. The maximum Gasteiger partial charge on any atom is 0.235 e. The van der Waals surface area contributed by atoms with Gasteiger partial charge in [0.2, 0.25) is 5.91 Å². The van der Waals surface area contributed by atoms with Crippen molar-refractivity contribution in [2.45, 2.75) is 45.9 Å². The molecule has 33 heavy (non-hydrogen) atoms. The lowest BCUT2D eigenvalue weighted by atomic mass is 9.90. The molecule has 0 radical (unpaired) electrons. The molecule has 4 rings (SSSR count). The first-order valence-corrected chi connectivity index (χ1v) is 13.9. The molecule has 1 atom stereocenters. The molecule has 1 amide bonds. The van der Waals surface area contributed by atoms with Crippen LogP contribution in [0.2, 0.25) is 0 Å². The lowest BCUT2D eigenvalue weighted by Gasteiger charge is -2.33. The molecule has 1 aliphatic rings. The average molecular weight is 500 g/mol. The van der Waals surface area contributed by atoms with E-state index >= 15 is 0 Å². The third kappa shape index (κ3) is 6.98. The molecule has 0 bridgehead atoms. The largest absolute Gasteiger partial charge is 0.497 e. The van der Waals surface area contributed by atoms with Crippen LogP contribution >= 0.6 is 34.9 Å². The summed E-state index contributed by atoms with van der Waals surface area (Å²) in [5.41, 5.74) is 2.60. The van der Waals surface area contributed by atoms with Gasteiger partial charge >= 0.3 is 0 Å². The van der Waals surface area contributed by atoms with Crippen molar-refractivity contribution in [1.29, 1.82) is 0 Å². The smallest absolute Gasteiger partial charge is 0.235 e. The Morgan fingerprint density at radius 1 is 1.06 bits per heavy atom. The number of amides is 1. The Kier molecular flexibility index (Phi) is 8.69. The van der Waals surface area contributed by atoms with Crippen molar-refractivity contribution in [2.75, 3.05) is 20.2 Å². The van der Waals surface area contributed by atoms with Crippen LogP contribution in [0.3, 0.4) is 0 Å². The molecule has 2 aromatic carbocycles. The van der Waals surface area contributed by atoms with Crippen LogP contribution in [0.4, 0.5) is 0 Å². The van der Waals surface area contributed by atoms with Gasteiger partial charge in [-0.05, 0) is 55.4 Å². The van der Waals surface area contributed by atoms with Crippen molar-refractivity contribution in [1.82, 2.24) is 15.1 Å². The van der Waals surface area contributed by atoms with Crippen LogP contribution in [0.15, 0.2) is 63.3 Å². The van der Waals surface area contributed by atoms with Gasteiger partial charge in [-0.1, -0.05) is 77.3 Å². The van der Waals surface area contributed by atoms with Crippen LogP contribution in [0, 0.1) is 5.92 Å². The third-order valence-corrected chi connectivity index (χ3v) is 9.13. The van der Waals surface area contributed by atoms with Crippen LogP contribution in [-0.4, -0.2) is 46.5 Å². The Morgan fingerprint density at radius 3 is 2.45 bits per heavy atom. The topological polar surface area (TPSA) is 55.3 Å². The number of ether oxygens (including phenoxy) is 1. The lowest BCUT2D eigenvalue weighted by Crippen LogP contribution is -2.42. The molecule has 2 heterocycles. The van der Waals surface area contributed by atoms with E-state index in [4.69, 9.17) is 4.74 Å².